The molecule has 110 valence electrons. The highest BCUT2D eigenvalue weighted by Crippen LogP contribution is 2.24. The molecule has 0 aromatic heterocycles. The number of nitrogens with one attached hydrogen (secondary N) is 2. The van der Waals surface area contributed by atoms with Gasteiger partial charge in [-0.2, -0.15) is 0 Å². The van der Waals surface area contributed by atoms with Crippen LogP contribution >= 0.6 is 0 Å². The van der Waals surface area contributed by atoms with E-state index in [0.29, 0.717) is 5.92 Å². The monoisotopic (exact) mass is 282 g/mol. The van der Waals surface area contributed by atoms with Crippen molar-refractivity contribution < 1.29 is 4.79 Å². The van der Waals surface area contributed by atoms with Crippen LogP contribution in [0.3, 0.4) is 0 Å². The van der Waals surface area contributed by atoms with Crippen molar-refractivity contribution in [2.75, 3.05) is 10.6 Å². The van der Waals surface area contributed by atoms with Crippen molar-refractivity contribution >= 4 is 17.4 Å². The van der Waals surface area contributed by atoms with Gasteiger partial charge in [0.25, 0.3) is 0 Å². The summed E-state index contributed by atoms with van der Waals surface area (Å²) in [4.78, 5) is 12.2. The molecule has 3 nitrogen and oxygen atoms in total. The van der Waals surface area contributed by atoms with E-state index in [1.165, 1.54) is 0 Å². The first-order valence-corrected chi connectivity index (χ1v) is 7.22. The summed E-state index contributed by atoms with van der Waals surface area (Å²) in [6.07, 6.45) is 0. The van der Waals surface area contributed by atoms with Crippen molar-refractivity contribution in [3.05, 3.63) is 59.2 Å². The van der Waals surface area contributed by atoms with Crippen molar-refractivity contribution in [3.63, 3.8) is 0 Å². The molecule has 3 heteroatoms. The Bertz CT molecular complexity index is 627. The number of hydrogen-bond donors (Lipinski definition) is 2. The van der Waals surface area contributed by atoms with Crippen molar-refractivity contribution in [1.29, 1.82) is 0 Å². The van der Waals surface area contributed by atoms with Crippen LogP contribution < -0.4 is 10.6 Å². The maximum atomic E-state index is 12.2. The second-order valence-corrected chi connectivity index (χ2v) is 5.59. The summed E-state index contributed by atoms with van der Waals surface area (Å²) in [7, 11) is 0. The minimum absolute atomic E-state index is 0.208. The maximum Gasteiger partial charge on any atom is 0.323 e. The lowest BCUT2D eigenvalue weighted by atomic mass is 10.0. The SMILES string of the molecule is Cc1cccc(C)c1NC(=O)Nc1ccccc1C(C)C. The summed E-state index contributed by atoms with van der Waals surface area (Å²) in [5, 5.41) is 5.89. The van der Waals surface area contributed by atoms with Crippen LogP contribution in [-0.2, 0) is 0 Å². The van der Waals surface area contributed by atoms with Gasteiger partial charge in [-0.05, 0) is 42.5 Å². The molecule has 2 aromatic rings. The van der Waals surface area contributed by atoms with Gasteiger partial charge < -0.3 is 10.6 Å². The summed E-state index contributed by atoms with van der Waals surface area (Å²) in [6, 6.07) is 13.7. The molecular formula is C18H22N2O. The molecule has 0 heterocycles. The molecule has 0 saturated heterocycles. The third-order valence-corrected chi connectivity index (χ3v) is 3.55. The molecule has 0 aliphatic rings. The van der Waals surface area contributed by atoms with Gasteiger partial charge in [-0.1, -0.05) is 50.2 Å². The number of para-hydroxylation sites is 2. The number of benzene rings is 2. The lowest BCUT2D eigenvalue weighted by Gasteiger charge is -2.16. The lowest BCUT2D eigenvalue weighted by Crippen LogP contribution is -2.21. The Hall–Kier alpha value is -2.29. The fourth-order valence-electron chi connectivity index (χ4n) is 2.39. The molecule has 0 saturated carbocycles. The van der Waals surface area contributed by atoms with Crippen LogP contribution in [0.25, 0.3) is 0 Å². The molecule has 2 aromatic carbocycles. The maximum absolute atomic E-state index is 12.2. The zero-order chi connectivity index (χ0) is 15.4. The quantitative estimate of drug-likeness (QED) is 0.810. The summed E-state index contributed by atoms with van der Waals surface area (Å²) in [5.41, 5.74) is 4.98. The molecule has 0 radical (unpaired) electrons. The van der Waals surface area contributed by atoms with E-state index in [1.807, 2.05) is 56.3 Å². The fourth-order valence-corrected chi connectivity index (χ4v) is 2.39. The van der Waals surface area contributed by atoms with E-state index in [2.05, 4.69) is 24.5 Å². The molecule has 0 fully saturated rings. The molecular weight excluding hydrogens is 260 g/mol. The zero-order valence-electron chi connectivity index (χ0n) is 13.0. The van der Waals surface area contributed by atoms with E-state index in [1.54, 1.807) is 0 Å². The molecule has 21 heavy (non-hydrogen) atoms. The Kier molecular flexibility index (Phi) is 4.63. The van der Waals surface area contributed by atoms with Crippen molar-refractivity contribution in [1.82, 2.24) is 0 Å². The Balaban J connectivity index is 2.16. The lowest BCUT2D eigenvalue weighted by molar-refractivity contribution is 0.262. The highest BCUT2D eigenvalue weighted by Gasteiger charge is 2.10. The van der Waals surface area contributed by atoms with Gasteiger partial charge in [0.05, 0.1) is 0 Å². The predicted molar refractivity (Wildman–Crippen MR) is 89.1 cm³/mol. The van der Waals surface area contributed by atoms with Gasteiger partial charge in [0.1, 0.15) is 0 Å². The number of carbonyl (C=O) groups is 1. The summed E-state index contributed by atoms with van der Waals surface area (Å²) < 4.78 is 0. The molecule has 0 bridgehead atoms. The molecule has 2 rings (SSSR count). The van der Waals surface area contributed by atoms with Gasteiger partial charge >= 0.3 is 6.03 Å². The standard InChI is InChI=1S/C18H22N2O/c1-12(2)15-10-5-6-11-16(15)19-18(21)20-17-13(3)8-7-9-14(17)4/h5-12H,1-4H3,(H2,19,20,21). The number of anilines is 2. The molecule has 0 aliphatic heterocycles. The van der Waals surface area contributed by atoms with Gasteiger partial charge in [0, 0.05) is 11.4 Å². The molecule has 0 spiro atoms. The minimum Gasteiger partial charge on any atom is -0.307 e. The number of carbonyl (C=O) groups excluding carboxylic acids is 1. The first kappa shape index (κ1) is 15.1. The fraction of sp³-hybridized carbons (Fsp3) is 0.278. The van der Waals surface area contributed by atoms with Crippen LogP contribution in [0.15, 0.2) is 42.5 Å². The molecule has 0 aliphatic carbocycles. The Morgan fingerprint density at radius 1 is 0.905 bits per heavy atom. The average Bonchev–Trinajstić information content (AvgIpc) is 2.43. The number of hydrogen-bond acceptors (Lipinski definition) is 1. The number of aryl methyl sites for hydroxylation is 2. The van der Waals surface area contributed by atoms with E-state index in [9.17, 15) is 4.79 Å². The van der Waals surface area contributed by atoms with Crippen molar-refractivity contribution in [2.45, 2.75) is 33.6 Å². The highest BCUT2D eigenvalue weighted by molar-refractivity contribution is 6.01. The van der Waals surface area contributed by atoms with Crippen LogP contribution in [-0.4, -0.2) is 6.03 Å². The molecule has 2 amide bonds. The predicted octanol–water partition coefficient (Wildman–Crippen LogP) is 5.07. The number of amides is 2. The summed E-state index contributed by atoms with van der Waals surface area (Å²) in [5.74, 6) is 0.363. The smallest absolute Gasteiger partial charge is 0.307 e. The molecule has 2 N–H and O–H groups in total. The van der Waals surface area contributed by atoms with E-state index >= 15 is 0 Å². The Morgan fingerprint density at radius 2 is 1.52 bits per heavy atom. The van der Waals surface area contributed by atoms with Gasteiger partial charge in [-0.15, -0.1) is 0 Å². The topological polar surface area (TPSA) is 41.1 Å². The second-order valence-electron chi connectivity index (χ2n) is 5.59. The van der Waals surface area contributed by atoms with Crippen molar-refractivity contribution in [2.24, 2.45) is 0 Å². The number of urea groups is 1. The Labute approximate surface area is 126 Å². The zero-order valence-corrected chi connectivity index (χ0v) is 13.0. The highest BCUT2D eigenvalue weighted by atomic mass is 16.2. The Morgan fingerprint density at radius 3 is 2.14 bits per heavy atom. The van der Waals surface area contributed by atoms with Gasteiger partial charge in [0.15, 0.2) is 0 Å². The first-order chi connectivity index (χ1) is 9.99. The summed E-state index contributed by atoms with van der Waals surface area (Å²) in [6.45, 7) is 8.21. The normalized spacial score (nSPS) is 10.5. The second kappa shape index (κ2) is 6.44. The van der Waals surface area contributed by atoms with E-state index in [4.69, 9.17) is 0 Å². The third-order valence-electron chi connectivity index (χ3n) is 3.55. The summed E-state index contributed by atoms with van der Waals surface area (Å²) >= 11 is 0. The van der Waals surface area contributed by atoms with Gasteiger partial charge in [0.2, 0.25) is 0 Å². The van der Waals surface area contributed by atoms with E-state index in [-0.39, 0.29) is 6.03 Å². The van der Waals surface area contributed by atoms with E-state index in [0.717, 1.165) is 28.1 Å². The molecule has 0 atom stereocenters. The third kappa shape index (κ3) is 3.63. The number of rotatable bonds is 3. The largest absolute Gasteiger partial charge is 0.323 e. The van der Waals surface area contributed by atoms with Crippen molar-refractivity contribution in [3.8, 4) is 0 Å². The van der Waals surface area contributed by atoms with Crippen LogP contribution in [0.2, 0.25) is 0 Å². The van der Waals surface area contributed by atoms with Crippen LogP contribution in [0, 0.1) is 13.8 Å². The molecule has 0 unspecified atom stereocenters. The van der Waals surface area contributed by atoms with E-state index < -0.39 is 0 Å². The van der Waals surface area contributed by atoms with Gasteiger partial charge in [-0.3, -0.25) is 0 Å². The average molecular weight is 282 g/mol. The van der Waals surface area contributed by atoms with Gasteiger partial charge in [-0.25, -0.2) is 4.79 Å². The first-order valence-electron chi connectivity index (χ1n) is 7.22. The van der Waals surface area contributed by atoms with Crippen LogP contribution in [0.1, 0.15) is 36.5 Å². The van der Waals surface area contributed by atoms with Crippen LogP contribution in [0.5, 0.6) is 0 Å². The minimum atomic E-state index is -0.208. The van der Waals surface area contributed by atoms with Crippen LogP contribution in [0.4, 0.5) is 16.2 Å².